The van der Waals surface area contributed by atoms with E-state index < -0.39 is 10.8 Å². The van der Waals surface area contributed by atoms with Crippen LogP contribution in [-0.4, -0.2) is 42.1 Å². The summed E-state index contributed by atoms with van der Waals surface area (Å²) in [6, 6.07) is 4.54. The molecule has 0 radical (unpaired) electrons. The van der Waals surface area contributed by atoms with E-state index >= 15 is 0 Å². The van der Waals surface area contributed by atoms with E-state index in [2.05, 4.69) is 10.3 Å². The van der Waals surface area contributed by atoms with Crippen molar-refractivity contribution in [2.45, 2.75) is 19.8 Å². The number of nitrogens with zero attached hydrogens (tertiary/aromatic N) is 3. The number of morpholine rings is 1. The van der Waals surface area contributed by atoms with Crippen molar-refractivity contribution in [1.82, 2.24) is 4.98 Å². The lowest BCUT2D eigenvalue weighted by Gasteiger charge is -2.28. The number of carbonyl (C=O) groups is 1. The molecule has 1 saturated heterocycles. The van der Waals surface area contributed by atoms with E-state index in [-0.39, 0.29) is 17.2 Å². The minimum atomic E-state index is -0.457. The van der Waals surface area contributed by atoms with Crippen LogP contribution in [0.3, 0.4) is 0 Å². The molecule has 0 saturated carbocycles. The number of thiazole rings is 1. The van der Waals surface area contributed by atoms with Crippen LogP contribution in [0.5, 0.6) is 0 Å². The van der Waals surface area contributed by atoms with E-state index in [0.717, 1.165) is 5.69 Å². The molecular weight excluding hydrogens is 356 g/mol. The molecule has 1 aliphatic rings. The number of nitro benzene ring substituents is 1. The molecule has 1 amide bonds. The van der Waals surface area contributed by atoms with Crippen LogP contribution in [0.25, 0.3) is 0 Å². The van der Waals surface area contributed by atoms with Crippen LogP contribution in [0, 0.1) is 10.1 Å². The molecule has 2 aromatic rings. The quantitative estimate of drug-likeness (QED) is 0.635. The first-order valence-electron chi connectivity index (χ1n) is 8.33. The molecule has 26 heavy (non-hydrogen) atoms. The molecule has 2 heterocycles. The van der Waals surface area contributed by atoms with Gasteiger partial charge in [0, 0.05) is 30.1 Å². The zero-order valence-corrected chi connectivity index (χ0v) is 15.4. The second-order valence-corrected chi connectivity index (χ2v) is 7.10. The summed E-state index contributed by atoms with van der Waals surface area (Å²) in [7, 11) is 0. The van der Waals surface area contributed by atoms with Crippen LogP contribution in [0.1, 0.15) is 35.8 Å². The van der Waals surface area contributed by atoms with Gasteiger partial charge in [0.15, 0.2) is 5.13 Å². The zero-order valence-electron chi connectivity index (χ0n) is 14.6. The number of anilines is 2. The fraction of sp³-hybridized carbons (Fsp3) is 0.412. The number of amides is 1. The first-order valence-corrected chi connectivity index (χ1v) is 9.21. The van der Waals surface area contributed by atoms with Gasteiger partial charge in [-0.3, -0.25) is 20.2 Å². The van der Waals surface area contributed by atoms with Gasteiger partial charge in [0.25, 0.3) is 11.6 Å². The van der Waals surface area contributed by atoms with Crippen molar-refractivity contribution in [3.05, 3.63) is 45.0 Å². The number of aromatic nitrogens is 1. The number of nitro groups is 1. The highest BCUT2D eigenvalue weighted by molar-refractivity contribution is 7.14. The van der Waals surface area contributed by atoms with E-state index in [1.54, 1.807) is 12.1 Å². The lowest BCUT2D eigenvalue weighted by Crippen LogP contribution is -2.36. The monoisotopic (exact) mass is 376 g/mol. The lowest BCUT2D eigenvalue weighted by molar-refractivity contribution is -0.384. The first-order chi connectivity index (χ1) is 12.5. The second-order valence-electron chi connectivity index (χ2n) is 6.25. The Morgan fingerprint density at radius 1 is 1.38 bits per heavy atom. The van der Waals surface area contributed by atoms with E-state index in [4.69, 9.17) is 4.74 Å². The van der Waals surface area contributed by atoms with Gasteiger partial charge in [-0.25, -0.2) is 4.98 Å². The Bertz CT molecular complexity index is 815. The molecule has 3 rings (SSSR count). The molecule has 1 fully saturated rings. The number of hydrogen-bond donors (Lipinski definition) is 1. The van der Waals surface area contributed by atoms with Crippen molar-refractivity contribution in [3.63, 3.8) is 0 Å². The number of ether oxygens (including phenoxy) is 1. The minimum Gasteiger partial charge on any atom is -0.378 e. The van der Waals surface area contributed by atoms with Gasteiger partial charge in [0.1, 0.15) is 5.69 Å². The van der Waals surface area contributed by atoms with Crippen molar-refractivity contribution >= 4 is 33.8 Å². The minimum absolute atomic E-state index is 0.0819. The molecule has 1 aromatic carbocycles. The highest BCUT2D eigenvalue weighted by Gasteiger charge is 2.23. The summed E-state index contributed by atoms with van der Waals surface area (Å²) in [6.07, 6.45) is 0. The van der Waals surface area contributed by atoms with Crippen LogP contribution in [0.15, 0.2) is 23.6 Å². The SMILES string of the molecule is CC(C)c1csc(NC(=O)c2ccc(N3CCOCC3)c([N+](=O)[O-])c2)n1. The van der Waals surface area contributed by atoms with E-state index in [9.17, 15) is 14.9 Å². The van der Waals surface area contributed by atoms with Crippen LogP contribution in [-0.2, 0) is 4.74 Å². The fourth-order valence-electron chi connectivity index (χ4n) is 2.66. The summed E-state index contributed by atoms with van der Waals surface area (Å²) in [5.74, 6) is -0.142. The Labute approximate surface area is 154 Å². The third-order valence-electron chi connectivity index (χ3n) is 4.12. The fourth-order valence-corrected chi connectivity index (χ4v) is 3.53. The maximum Gasteiger partial charge on any atom is 0.293 e. The van der Waals surface area contributed by atoms with Crippen molar-refractivity contribution in [2.75, 3.05) is 36.5 Å². The summed E-state index contributed by atoms with van der Waals surface area (Å²) in [4.78, 5) is 29.7. The summed E-state index contributed by atoms with van der Waals surface area (Å²) in [6.45, 7) is 6.28. The summed E-state index contributed by atoms with van der Waals surface area (Å²) in [5.41, 5.74) is 1.56. The van der Waals surface area contributed by atoms with Gasteiger partial charge in [0.05, 0.1) is 23.8 Å². The summed E-state index contributed by atoms with van der Waals surface area (Å²) in [5, 5.41) is 16.6. The molecule has 0 bridgehead atoms. The number of nitrogens with one attached hydrogen (secondary N) is 1. The van der Waals surface area contributed by atoms with Gasteiger partial charge < -0.3 is 9.64 Å². The van der Waals surface area contributed by atoms with Gasteiger partial charge >= 0.3 is 0 Å². The number of hydrogen-bond acceptors (Lipinski definition) is 7. The maximum absolute atomic E-state index is 12.5. The Morgan fingerprint density at radius 2 is 2.12 bits per heavy atom. The Morgan fingerprint density at radius 3 is 2.73 bits per heavy atom. The molecule has 0 aliphatic carbocycles. The summed E-state index contributed by atoms with van der Waals surface area (Å²) < 4.78 is 5.29. The molecule has 0 unspecified atom stereocenters. The van der Waals surface area contributed by atoms with Crippen LogP contribution >= 0.6 is 11.3 Å². The highest BCUT2D eigenvalue weighted by atomic mass is 32.1. The number of rotatable bonds is 5. The van der Waals surface area contributed by atoms with Crippen LogP contribution in [0.2, 0.25) is 0 Å². The second kappa shape index (κ2) is 7.79. The molecule has 0 atom stereocenters. The molecule has 138 valence electrons. The van der Waals surface area contributed by atoms with Crippen molar-refractivity contribution < 1.29 is 14.5 Å². The van der Waals surface area contributed by atoms with Gasteiger partial charge in [-0.2, -0.15) is 0 Å². The maximum atomic E-state index is 12.5. The van der Waals surface area contributed by atoms with Gasteiger partial charge in [-0.1, -0.05) is 13.8 Å². The van der Waals surface area contributed by atoms with E-state index in [0.29, 0.717) is 37.1 Å². The third kappa shape index (κ3) is 4.00. The van der Waals surface area contributed by atoms with Crippen molar-refractivity contribution in [1.29, 1.82) is 0 Å². The van der Waals surface area contributed by atoms with E-state index in [1.807, 2.05) is 24.1 Å². The Balaban J connectivity index is 1.81. The Kier molecular flexibility index (Phi) is 5.48. The molecule has 0 spiro atoms. The predicted molar refractivity (Wildman–Crippen MR) is 100 cm³/mol. The highest BCUT2D eigenvalue weighted by Crippen LogP contribution is 2.30. The number of carbonyl (C=O) groups excluding carboxylic acids is 1. The number of benzene rings is 1. The molecular formula is C17H20N4O4S. The largest absolute Gasteiger partial charge is 0.378 e. The first kappa shape index (κ1) is 18.3. The predicted octanol–water partition coefficient (Wildman–Crippen LogP) is 3.26. The van der Waals surface area contributed by atoms with Crippen molar-refractivity contribution in [3.8, 4) is 0 Å². The smallest absolute Gasteiger partial charge is 0.293 e. The molecule has 1 aliphatic heterocycles. The lowest BCUT2D eigenvalue weighted by atomic mass is 10.1. The average Bonchev–Trinajstić information content (AvgIpc) is 3.10. The summed E-state index contributed by atoms with van der Waals surface area (Å²) >= 11 is 1.34. The third-order valence-corrected chi connectivity index (χ3v) is 4.90. The van der Waals surface area contributed by atoms with Crippen molar-refractivity contribution in [2.24, 2.45) is 0 Å². The normalized spacial score (nSPS) is 14.5. The molecule has 1 aromatic heterocycles. The van der Waals surface area contributed by atoms with Gasteiger partial charge in [0.2, 0.25) is 0 Å². The standard InChI is InChI=1S/C17H20N4O4S/c1-11(2)13-10-26-17(18-13)19-16(22)12-3-4-14(15(9-12)21(23)24)20-5-7-25-8-6-20/h3-4,9-11H,5-8H2,1-2H3,(H,18,19,22). The van der Waals surface area contributed by atoms with Crippen LogP contribution in [0.4, 0.5) is 16.5 Å². The molecule has 1 N–H and O–H groups in total. The average molecular weight is 376 g/mol. The molecule has 9 heteroatoms. The molecule has 8 nitrogen and oxygen atoms in total. The van der Waals surface area contributed by atoms with Crippen LogP contribution < -0.4 is 10.2 Å². The topological polar surface area (TPSA) is 97.6 Å². The Hall–Kier alpha value is -2.52. The van der Waals surface area contributed by atoms with Gasteiger partial charge in [-0.05, 0) is 18.1 Å². The van der Waals surface area contributed by atoms with E-state index in [1.165, 1.54) is 17.4 Å². The van der Waals surface area contributed by atoms with Gasteiger partial charge in [-0.15, -0.1) is 11.3 Å². The zero-order chi connectivity index (χ0) is 18.7.